The molecule has 0 bridgehead atoms. The van der Waals surface area contributed by atoms with E-state index in [1.54, 1.807) is 37.8 Å². The van der Waals surface area contributed by atoms with Gasteiger partial charge in [-0.2, -0.15) is 0 Å². The van der Waals surface area contributed by atoms with Crippen LogP contribution in [0.25, 0.3) is 0 Å². The number of aryl methyl sites for hydroxylation is 1. The Hall–Kier alpha value is -2.60. The third-order valence-corrected chi connectivity index (χ3v) is 5.84. The number of carbonyl (C=O) groups is 2. The number of hydrogen-bond acceptors (Lipinski definition) is 4. The van der Waals surface area contributed by atoms with Crippen LogP contribution in [0, 0.1) is 6.92 Å². The molecule has 2 heterocycles. The Morgan fingerprint density at radius 3 is 1.70 bits per heavy atom. The molecule has 2 aliphatic rings. The second-order valence-corrected chi connectivity index (χ2v) is 8.25. The van der Waals surface area contributed by atoms with E-state index in [0.717, 1.165) is 5.56 Å². The van der Waals surface area contributed by atoms with E-state index in [2.05, 4.69) is 10.6 Å². The van der Waals surface area contributed by atoms with Gasteiger partial charge in [-0.25, -0.2) is 27.2 Å². The Balaban J connectivity index is 1.51. The number of urea groups is 2. The van der Waals surface area contributed by atoms with Crippen molar-refractivity contribution in [1.29, 1.82) is 0 Å². The van der Waals surface area contributed by atoms with Crippen LogP contribution in [0.5, 0.6) is 0 Å². The molecule has 4 amide bonds. The lowest BCUT2D eigenvalue weighted by atomic mass is 10.2. The summed E-state index contributed by atoms with van der Waals surface area (Å²) in [6, 6.07) is 4.49. The highest BCUT2D eigenvalue weighted by Gasteiger charge is 2.24. The Morgan fingerprint density at radius 1 is 0.788 bits per heavy atom. The normalized spacial score (nSPS) is 18.2. The van der Waals surface area contributed by atoms with Crippen molar-refractivity contribution >= 4 is 23.4 Å². The molecule has 0 atom stereocenters. The molecule has 33 heavy (non-hydrogen) atoms. The van der Waals surface area contributed by atoms with Gasteiger partial charge in [0.1, 0.15) is 0 Å². The predicted molar refractivity (Wildman–Crippen MR) is 117 cm³/mol. The van der Waals surface area contributed by atoms with E-state index in [4.69, 9.17) is 0 Å². The van der Waals surface area contributed by atoms with E-state index in [1.807, 2.05) is 6.92 Å². The molecule has 0 aromatic heterocycles. The smallest absolute Gasteiger partial charge is 0.321 e. The highest BCUT2D eigenvalue weighted by molar-refractivity contribution is 5.93. The highest BCUT2D eigenvalue weighted by Crippen LogP contribution is 2.22. The van der Waals surface area contributed by atoms with Gasteiger partial charge in [0.25, 0.3) is 12.9 Å². The minimum absolute atomic E-state index is 0.294. The molecule has 2 fully saturated rings. The zero-order chi connectivity index (χ0) is 24.0. The van der Waals surface area contributed by atoms with Crippen LogP contribution in [0.1, 0.15) is 5.56 Å². The number of alkyl halides is 4. The lowest BCUT2D eigenvalue weighted by Crippen LogP contribution is -2.51. The van der Waals surface area contributed by atoms with Gasteiger partial charge < -0.3 is 20.4 Å². The van der Waals surface area contributed by atoms with Crippen LogP contribution in [0.15, 0.2) is 18.2 Å². The molecular formula is C21H30F4N6O2. The van der Waals surface area contributed by atoms with Crippen molar-refractivity contribution in [3.05, 3.63) is 23.8 Å². The largest absolute Gasteiger partial charge is 0.322 e. The second kappa shape index (κ2) is 11.5. The van der Waals surface area contributed by atoms with Crippen LogP contribution in [0.2, 0.25) is 0 Å². The van der Waals surface area contributed by atoms with E-state index >= 15 is 0 Å². The Kier molecular flexibility index (Phi) is 8.73. The van der Waals surface area contributed by atoms with E-state index in [0.29, 0.717) is 63.7 Å². The van der Waals surface area contributed by atoms with E-state index in [1.165, 1.54) is 0 Å². The minimum Gasteiger partial charge on any atom is -0.322 e. The van der Waals surface area contributed by atoms with Gasteiger partial charge in [0.05, 0.1) is 13.1 Å². The summed E-state index contributed by atoms with van der Waals surface area (Å²) in [5, 5.41) is 5.62. The molecule has 2 saturated heterocycles. The number of anilines is 2. The number of nitrogens with zero attached hydrogens (tertiary/aromatic N) is 4. The lowest BCUT2D eigenvalue weighted by Gasteiger charge is -2.34. The number of benzene rings is 1. The molecule has 1 aromatic carbocycles. The van der Waals surface area contributed by atoms with Gasteiger partial charge >= 0.3 is 12.1 Å². The zero-order valence-corrected chi connectivity index (χ0v) is 18.6. The molecule has 8 nitrogen and oxygen atoms in total. The van der Waals surface area contributed by atoms with Crippen molar-refractivity contribution in [1.82, 2.24) is 19.6 Å². The first-order valence-electron chi connectivity index (χ1n) is 10.9. The fraction of sp³-hybridized carbons (Fsp3) is 0.619. The average molecular weight is 475 g/mol. The fourth-order valence-corrected chi connectivity index (χ4v) is 3.89. The average Bonchev–Trinajstić information content (AvgIpc) is 2.76. The van der Waals surface area contributed by atoms with Gasteiger partial charge in [-0.3, -0.25) is 9.80 Å². The number of rotatable bonds is 6. The van der Waals surface area contributed by atoms with E-state index in [-0.39, 0.29) is 25.2 Å². The van der Waals surface area contributed by atoms with Crippen molar-refractivity contribution < 1.29 is 27.2 Å². The molecule has 12 heteroatoms. The number of halogens is 4. The Labute approximate surface area is 190 Å². The van der Waals surface area contributed by atoms with E-state index in [9.17, 15) is 27.2 Å². The first-order valence-corrected chi connectivity index (χ1v) is 10.9. The Bertz CT molecular complexity index is 812. The summed E-state index contributed by atoms with van der Waals surface area (Å²) in [6.45, 7) is 4.19. The lowest BCUT2D eigenvalue weighted by molar-refractivity contribution is 0.0646. The molecule has 3 rings (SSSR count). The maximum Gasteiger partial charge on any atom is 0.321 e. The van der Waals surface area contributed by atoms with Crippen LogP contribution in [0.4, 0.5) is 38.5 Å². The second-order valence-electron chi connectivity index (χ2n) is 8.25. The summed E-state index contributed by atoms with van der Waals surface area (Å²) >= 11 is 0. The zero-order valence-electron chi connectivity index (χ0n) is 18.6. The third kappa shape index (κ3) is 7.46. The summed E-state index contributed by atoms with van der Waals surface area (Å²) in [6.07, 6.45) is -4.79. The van der Waals surface area contributed by atoms with Crippen molar-refractivity contribution in [2.45, 2.75) is 19.8 Å². The Morgan fingerprint density at radius 2 is 1.24 bits per heavy atom. The molecule has 0 unspecified atom stereocenters. The first kappa shape index (κ1) is 25.0. The molecule has 0 radical (unpaired) electrons. The maximum atomic E-state index is 12.6. The fourth-order valence-electron chi connectivity index (χ4n) is 3.89. The monoisotopic (exact) mass is 474 g/mol. The first-order chi connectivity index (χ1) is 15.7. The molecule has 2 N–H and O–H groups in total. The molecule has 184 valence electrons. The maximum absolute atomic E-state index is 12.6. The third-order valence-electron chi connectivity index (χ3n) is 5.84. The van der Waals surface area contributed by atoms with Crippen molar-refractivity contribution in [3.63, 3.8) is 0 Å². The van der Waals surface area contributed by atoms with Gasteiger partial charge in [0.15, 0.2) is 0 Å². The highest BCUT2D eigenvalue weighted by atomic mass is 19.3. The predicted octanol–water partition coefficient (Wildman–Crippen LogP) is 2.82. The molecular weight excluding hydrogens is 444 g/mol. The van der Waals surface area contributed by atoms with Crippen LogP contribution in [0.3, 0.4) is 0 Å². The molecule has 0 aliphatic carbocycles. The van der Waals surface area contributed by atoms with Crippen molar-refractivity contribution in [3.8, 4) is 0 Å². The van der Waals surface area contributed by atoms with Crippen LogP contribution in [-0.4, -0.2) is 110 Å². The summed E-state index contributed by atoms with van der Waals surface area (Å²) in [5.41, 5.74) is 1.84. The summed E-state index contributed by atoms with van der Waals surface area (Å²) in [5.74, 6) is 0. The topological polar surface area (TPSA) is 71.2 Å². The number of nitrogens with one attached hydrogen (secondary N) is 2. The molecule has 1 aromatic rings. The van der Waals surface area contributed by atoms with Crippen molar-refractivity contribution in [2.75, 3.05) is 76.1 Å². The summed E-state index contributed by atoms with van der Waals surface area (Å²) in [4.78, 5) is 31.6. The SMILES string of the molecule is Cc1ccc(NC(=O)N2CCN(CC(F)F)CC2)cc1NC(=O)N1CCN(CC(F)F)CC1. The number of piperazine rings is 2. The molecule has 2 aliphatic heterocycles. The van der Waals surface area contributed by atoms with Gasteiger partial charge in [-0.1, -0.05) is 6.07 Å². The molecule has 0 saturated carbocycles. The van der Waals surface area contributed by atoms with Gasteiger partial charge in [0, 0.05) is 63.7 Å². The van der Waals surface area contributed by atoms with Gasteiger partial charge in [-0.05, 0) is 24.6 Å². The van der Waals surface area contributed by atoms with E-state index < -0.39 is 12.9 Å². The summed E-state index contributed by atoms with van der Waals surface area (Å²) < 4.78 is 50.1. The van der Waals surface area contributed by atoms with Crippen LogP contribution >= 0.6 is 0 Å². The van der Waals surface area contributed by atoms with Gasteiger partial charge in [-0.15, -0.1) is 0 Å². The van der Waals surface area contributed by atoms with Gasteiger partial charge in [0.2, 0.25) is 0 Å². The van der Waals surface area contributed by atoms with Crippen LogP contribution < -0.4 is 10.6 Å². The van der Waals surface area contributed by atoms with Crippen molar-refractivity contribution in [2.24, 2.45) is 0 Å². The van der Waals surface area contributed by atoms with Crippen LogP contribution in [-0.2, 0) is 0 Å². The number of amides is 4. The molecule has 0 spiro atoms. The quantitative estimate of drug-likeness (QED) is 0.623. The summed E-state index contributed by atoms with van der Waals surface area (Å²) in [7, 11) is 0. The minimum atomic E-state index is -2.40. The number of hydrogen-bond donors (Lipinski definition) is 2. The number of carbonyl (C=O) groups excluding carboxylic acids is 2. The standard InChI is InChI=1S/C21H30F4N6O2/c1-15-2-3-16(26-20(32)30-8-4-28(5-9-30)13-18(22)23)12-17(15)27-21(33)31-10-6-29(7-11-31)14-19(24)25/h2-3,12,18-19H,4-11,13-14H2,1H3,(H,26,32)(H,27,33).